The fraction of sp³-hybridized carbons (Fsp3) is 0.520. The van der Waals surface area contributed by atoms with Crippen molar-refractivity contribution < 1.29 is 9.59 Å². The van der Waals surface area contributed by atoms with Gasteiger partial charge in [-0.1, -0.05) is 0 Å². The Balaban J connectivity index is 1.14. The third kappa shape index (κ3) is 6.12. The van der Waals surface area contributed by atoms with Crippen molar-refractivity contribution in [2.75, 3.05) is 0 Å². The Kier molecular flexibility index (Phi) is 7.28. The van der Waals surface area contributed by atoms with Gasteiger partial charge in [0.05, 0.1) is 0 Å². The maximum Gasteiger partial charge on any atom is 0.251 e. The number of nitrogens with zero attached hydrogens (tertiary/aromatic N) is 2. The molecule has 4 rings (SSSR count). The summed E-state index contributed by atoms with van der Waals surface area (Å²) in [5.74, 6) is 1.56. The maximum absolute atomic E-state index is 12.3. The van der Waals surface area contributed by atoms with E-state index in [2.05, 4.69) is 20.6 Å². The summed E-state index contributed by atoms with van der Waals surface area (Å²) in [4.78, 5) is 32.6. The molecule has 2 aromatic heterocycles. The molecule has 164 valence electrons. The zero-order valence-corrected chi connectivity index (χ0v) is 18.0. The van der Waals surface area contributed by atoms with E-state index in [1.807, 2.05) is 0 Å². The van der Waals surface area contributed by atoms with Crippen LogP contribution >= 0.6 is 0 Å². The Morgan fingerprint density at radius 1 is 0.645 bits per heavy atom. The van der Waals surface area contributed by atoms with E-state index in [1.165, 1.54) is 32.1 Å². The van der Waals surface area contributed by atoms with Crippen LogP contribution in [0.25, 0.3) is 0 Å². The van der Waals surface area contributed by atoms with Crippen molar-refractivity contribution in [2.45, 2.75) is 69.9 Å². The minimum absolute atomic E-state index is 0.0120. The smallest absolute Gasteiger partial charge is 0.251 e. The Morgan fingerprint density at radius 2 is 1.00 bits per heavy atom. The Morgan fingerprint density at radius 3 is 1.35 bits per heavy atom. The Bertz CT molecular complexity index is 771. The fourth-order valence-electron chi connectivity index (χ4n) is 5.10. The summed E-state index contributed by atoms with van der Waals surface area (Å²) < 4.78 is 0. The Labute approximate surface area is 184 Å². The summed E-state index contributed by atoms with van der Waals surface area (Å²) in [6.45, 7) is 0. The van der Waals surface area contributed by atoms with Gasteiger partial charge in [-0.3, -0.25) is 19.6 Å². The lowest BCUT2D eigenvalue weighted by Crippen LogP contribution is -2.39. The van der Waals surface area contributed by atoms with Gasteiger partial charge >= 0.3 is 0 Å². The molecule has 0 atom stereocenters. The molecule has 0 spiro atoms. The molecule has 0 bridgehead atoms. The molecular formula is C25H32N4O2. The van der Waals surface area contributed by atoms with Gasteiger partial charge in [-0.25, -0.2) is 0 Å². The number of nitrogens with one attached hydrogen (secondary N) is 2. The summed E-state index contributed by atoms with van der Waals surface area (Å²) in [7, 11) is 0. The summed E-state index contributed by atoms with van der Waals surface area (Å²) in [5.41, 5.74) is 1.37. The molecule has 2 amide bonds. The molecule has 2 aromatic rings. The van der Waals surface area contributed by atoms with Crippen LogP contribution in [0.2, 0.25) is 0 Å². The summed E-state index contributed by atoms with van der Waals surface area (Å²) in [5, 5.41) is 6.37. The molecule has 6 nitrogen and oxygen atoms in total. The first-order chi connectivity index (χ1) is 15.2. The number of carbonyl (C=O) groups excluding carboxylic acids is 2. The Hall–Kier alpha value is -2.76. The van der Waals surface area contributed by atoms with Crippen LogP contribution in [0, 0.1) is 11.8 Å². The molecule has 0 unspecified atom stereocenters. The minimum atomic E-state index is 0.0120. The molecule has 2 aliphatic rings. The number of amides is 2. The van der Waals surface area contributed by atoms with E-state index in [0.717, 1.165) is 37.5 Å². The molecule has 6 heteroatoms. The van der Waals surface area contributed by atoms with Crippen molar-refractivity contribution in [3.05, 3.63) is 60.2 Å². The summed E-state index contributed by atoms with van der Waals surface area (Å²) in [6, 6.07) is 7.62. The number of pyridine rings is 2. The number of hydrogen-bond acceptors (Lipinski definition) is 4. The lowest BCUT2D eigenvalue weighted by atomic mass is 9.75. The molecule has 2 N–H and O–H groups in total. The number of carbonyl (C=O) groups is 2. The van der Waals surface area contributed by atoms with E-state index in [0.29, 0.717) is 11.1 Å². The summed E-state index contributed by atoms with van der Waals surface area (Å²) >= 11 is 0. The van der Waals surface area contributed by atoms with E-state index in [1.54, 1.807) is 49.1 Å². The third-order valence-electron chi connectivity index (χ3n) is 6.92. The molecule has 0 aromatic carbocycles. The van der Waals surface area contributed by atoms with Crippen LogP contribution in [0.5, 0.6) is 0 Å². The first kappa shape index (κ1) is 21.5. The van der Waals surface area contributed by atoms with Gasteiger partial charge in [-0.15, -0.1) is 0 Å². The van der Waals surface area contributed by atoms with E-state index in [9.17, 15) is 9.59 Å². The average molecular weight is 421 g/mol. The van der Waals surface area contributed by atoms with Crippen molar-refractivity contribution in [1.29, 1.82) is 0 Å². The van der Waals surface area contributed by atoms with Crippen LogP contribution in [0.4, 0.5) is 0 Å². The van der Waals surface area contributed by atoms with Gasteiger partial charge in [0.15, 0.2) is 0 Å². The lowest BCUT2D eigenvalue weighted by Gasteiger charge is -2.34. The van der Waals surface area contributed by atoms with Crippen LogP contribution in [-0.2, 0) is 0 Å². The molecule has 2 aliphatic carbocycles. The first-order valence-electron chi connectivity index (χ1n) is 11.6. The fourth-order valence-corrected chi connectivity index (χ4v) is 5.10. The predicted octanol–water partition coefficient (Wildman–Crippen LogP) is 4.14. The second-order valence-corrected chi connectivity index (χ2v) is 9.09. The molecule has 2 fully saturated rings. The zero-order chi connectivity index (χ0) is 21.5. The molecule has 0 aliphatic heterocycles. The SMILES string of the molecule is O=C(NC1CCC(CC2CCC(NC(=O)c3ccncc3)CC2)CC1)c1ccncc1. The quantitative estimate of drug-likeness (QED) is 0.735. The zero-order valence-electron chi connectivity index (χ0n) is 18.0. The molecule has 31 heavy (non-hydrogen) atoms. The number of aromatic nitrogens is 2. The van der Waals surface area contributed by atoms with Crippen molar-refractivity contribution in [1.82, 2.24) is 20.6 Å². The normalized spacial score (nSPS) is 26.1. The van der Waals surface area contributed by atoms with Gasteiger partial charge in [0.1, 0.15) is 0 Å². The van der Waals surface area contributed by atoms with Gasteiger partial charge in [0, 0.05) is 48.0 Å². The average Bonchev–Trinajstić information content (AvgIpc) is 2.82. The van der Waals surface area contributed by atoms with Crippen molar-refractivity contribution in [3.8, 4) is 0 Å². The highest BCUT2D eigenvalue weighted by Gasteiger charge is 2.28. The van der Waals surface area contributed by atoms with Gasteiger partial charge in [-0.05, 0) is 93.9 Å². The lowest BCUT2D eigenvalue weighted by molar-refractivity contribution is 0.0917. The second kappa shape index (κ2) is 10.5. The van der Waals surface area contributed by atoms with Crippen LogP contribution in [0.15, 0.2) is 49.1 Å². The number of hydrogen-bond donors (Lipinski definition) is 2. The largest absolute Gasteiger partial charge is 0.349 e. The third-order valence-corrected chi connectivity index (χ3v) is 6.92. The molecule has 0 radical (unpaired) electrons. The molecule has 2 heterocycles. The van der Waals surface area contributed by atoms with E-state index < -0.39 is 0 Å². The monoisotopic (exact) mass is 420 g/mol. The first-order valence-corrected chi connectivity index (χ1v) is 11.6. The molecule has 2 saturated carbocycles. The van der Waals surface area contributed by atoms with Gasteiger partial charge < -0.3 is 10.6 Å². The molecular weight excluding hydrogens is 388 g/mol. The van der Waals surface area contributed by atoms with Crippen LogP contribution in [0.3, 0.4) is 0 Å². The number of rotatable bonds is 6. The van der Waals surface area contributed by atoms with Crippen LogP contribution in [0.1, 0.15) is 78.5 Å². The van der Waals surface area contributed by atoms with E-state index >= 15 is 0 Å². The van der Waals surface area contributed by atoms with Crippen LogP contribution in [-0.4, -0.2) is 33.9 Å². The van der Waals surface area contributed by atoms with Crippen molar-refractivity contribution in [3.63, 3.8) is 0 Å². The minimum Gasteiger partial charge on any atom is -0.349 e. The van der Waals surface area contributed by atoms with E-state index in [4.69, 9.17) is 0 Å². The molecule has 0 saturated heterocycles. The van der Waals surface area contributed by atoms with Crippen molar-refractivity contribution >= 4 is 11.8 Å². The topological polar surface area (TPSA) is 84.0 Å². The van der Waals surface area contributed by atoms with Gasteiger partial charge in [-0.2, -0.15) is 0 Å². The second-order valence-electron chi connectivity index (χ2n) is 9.09. The standard InChI is InChI=1S/C25H32N4O2/c30-24(20-9-13-26-14-10-20)28-22-5-1-18(2-6-22)17-19-3-7-23(8-4-19)29-25(31)21-11-15-27-16-12-21/h9-16,18-19,22-23H,1-8,17H2,(H,28,30)(H,29,31). The van der Waals surface area contributed by atoms with Gasteiger partial charge in [0.2, 0.25) is 0 Å². The highest BCUT2D eigenvalue weighted by molar-refractivity contribution is 5.94. The summed E-state index contributed by atoms with van der Waals surface area (Å²) in [6.07, 6.45) is 17.0. The predicted molar refractivity (Wildman–Crippen MR) is 120 cm³/mol. The van der Waals surface area contributed by atoms with E-state index in [-0.39, 0.29) is 23.9 Å². The van der Waals surface area contributed by atoms with Crippen LogP contribution < -0.4 is 10.6 Å². The highest BCUT2D eigenvalue weighted by atomic mass is 16.2. The maximum atomic E-state index is 12.3. The van der Waals surface area contributed by atoms with Crippen molar-refractivity contribution in [2.24, 2.45) is 11.8 Å². The highest BCUT2D eigenvalue weighted by Crippen LogP contribution is 2.35. The van der Waals surface area contributed by atoms with Gasteiger partial charge in [0.25, 0.3) is 11.8 Å².